The van der Waals surface area contributed by atoms with Crippen molar-refractivity contribution in [2.75, 3.05) is 13.2 Å². The summed E-state index contributed by atoms with van der Waals surface area (Å²) in [7, 11) is 0. The molecule has 1 aliphatic heterocycles. The molecule has 1 aliphatic rings. The van der Waals surface area contributed by atoms with Gasteiger partial charge < -0.3 is 20.1 Å². The lowest BCUT2D eigenvalue weighted by Crippen LogP contribution is -2.36. The number of fused-ring (bicyclic) bond motifs is 1. The summed E-state index contributed by atoms with van der Waals surface area (Å²) < 4.78 is 13.6. The number of hydrogen-bond donors (Lipinski definition) is 2. The van der Waals surface area contributed by atoms with Gasteiger partial charge in [-0.05, 0) is 50.6 Å². The number of ether oxygens (including phenoxy) is 2. The molecular weight excluding hydrogens is 531 g/mol. The van der Waals surface area contributed by atoms with E-state index >= 15 is 0 Å². The Bertz CT molecular complexity index is 1050. The Kier molecular flexibility index (Phi) is 8.93. The van der Waals surface area contributed by atoms with Crippen molar-refractivity contribution < 1.29 is 9.47 Å². The van der Waals surface area contributed by atoms with Crippen molar-refractivity contribution in [3.8, 4) is 17.2 Å². The van der Waals surface area contributed by atoms with Gasteiger partial charge >= 0.3 is 0 Å². The zero-order valence-electron chi connectivity index (χ0n) is 19.2. The van der Waals surface area contributed by atoms with Crippen LogP contribution in [-0.2, 0) is 19.5 Å². The lowest BCUT2D eigenvalue weighted by Gasteiger charge is -2.15. The first-order valence-corrected chi connectivity index (χ1v) is 11.1. The van der Waals surface area contributed by atoms with Gasteiger partial charge in [-0.2, -0.15) is 5.10 Å². The summed E-state index contributed by atoms with van der Waals surface area (Å²) >= 11 is 0. The average Bonchev–Trinajstić information content (AvgIpc) is 3.45. The van der Waals surface area contributed by atoms with Crippen LogP contribution in [0.1, 0.15) is 37.5 Å². The summed E-state index contributed by atoms with van der Waals surface area (Å²) in [5, 5.41) is 10.9. The molecule has 2 heterocycles. The zero-order valence-corrected chi connectivity index (χ0v) is 21.6. The first-order valence-electron chi connectivity index (χ1n) is 11.1. The number of aliphatic imine (C=N–C) groups is 1. The van der Waals surface area contributed by atoms with Crippen LogP contribution >= 0.6 is 24.0 Å². The van der Waals surface area contributed by atoms with Crippen molar-refractivity contribution in [2.45, 2.75) is 46.4 Å². The predicted octanol–water partition coefficient (Wildman–Crippen LogP) is 3.86. The molecule has 4 rings (SSSR count). The van der Waals surface area contributed by atoms with E-state index in [1.165, 1.54) is 11.9 Å². The normalized spacial score (nSPS) is 14.8. The number of aromatic nitrogens is 3. The van der Waals surface area contributed by atoms with E-state index in [0.29, 0.717) is 19.7 Å². The highest BCUT2D eigenvalue weighted by atomic mass is 127. The standard InChI is InChI=1S/C24H30N6O2.HI/c1-4-26-24(27-13-18-6-8-21(9-7-18)30-16-25-15-29-30)28-14-20-12-23-19(10-17(3)32-23)11-22(20)31-5-2;/h6-9,11-12,15-17H,4-5,10,13-14H2,1-3H3,(H2,26,27,28);1H. The fourth-order valence-corrected chi connectivity index (χ4v) is 3.70. The van der Waals surface area contributed by atoms with Gasteiger partial charge in [0, 0.05) is 30.6 Å². The molecule has 1 unspecified atom stereocenters. The molecule has 1 aromatic heterocycles. The Labute approximate surface area is 211 Å². The van der Waals surface area contributed by atoms with Crippen molar-refractivity contribution in [3.63, 3.8) is 0 Å². The second-order valence-electron chi connectivity index (χ2n) is 7.69. The Morgan fingerprint density at radius 1 is 1.21 bits per heavy atom. The molecule has 0 spiro atoms. The van der Waals surface area contributed by atoms with Crippen molar-refractivity contribution in [3.05, 3.63) is 65.7 Å². The van der Waals surface area contributed by atoms with Gasteiger partial charge in [0.2, 0.25) is 0 Å². The van der Waals surface area contributed by atoms with Crippen LogP contribution in [0.2, 0.25) is 0 Å². The van der Waals surface area contributed by atoms with E-state index in [1.807, 2.05) is 19.1 Å². The van der Waals surface area contributed by atoms with E-state index < -0.39 is 0 Å². The topological polar surface area (TPSA) is 85.6 Å². The molecule has 0 aliphatic carbocycles. The number of nitrogens with zero attached hydrogens (tertiary/aromatic N) is 4. The summed E-state index contributed by atoms with van der Waals surface area (Å²) in [5.41, 5.74) is 4.35. The maximum Gasteiger partial charge on any atom is 0.191 e. The van der Waals surface area contributed by atoms with Crippen LogP contribution in [0.4, 0.5) is 0 Å². The minimum absolute atomic E-state index is 0. The smallest absolute Gasteiger partial charge is 0.191 e. The molecule has 33 heavy (non-hydrogen) atoms. The van der Waals surface area contributed by atoms with Gasteiger partial charge in [0.25, 0.3) is 0 Å². The third-order valence-corrected chi connectivity index (χ3v) is 5.21. The summed E-state index contributed by atoms with van der Waals surface area (Å²) in [6.45, 7) is 8.71. The Hall–Kier alpha value is -2.82. The molecule has 176 valence electrons. The molecule has 0 amide bonds. The molecule has 2 aromatic carbocycles. The Morgan fingerprint density at radius 3 is 2.73 bits per heavy atom. The maximum atomic E-state index is 5.94. The first-order chi connectivity index (χ1) is 15.7. The Balaban J connectivity index is 0.00000306. The number of hydrogen-bond acceptors (Lipinski definition) is 5. The lowest BCUT2D eigenvalue weighted by atomic mass is 10.1. The van der Waals surface area contributed by atoms with Gasteiger partial charge in [0.15, 0.2) is 5.96 Å². The maximum absolute atomic E-state index is 5.94. The molecule has 0 fully saturated rings. The fourth-order valence-electron chi connectivity index (χ4n) is 3.70. The summed E-state index contributed by atoms with van der Waals surface area (Å²) in [4.78, 5) is 8.72. The second kappa shape index (κ2) is 11.9. The van der Waals surface area contributed by atoms with E-state index in [-0.39, 0.29) is 30.1 Å². The quantitative estimate of drug-likeness (QED) is 0.247. The molecule has 0 saturated heterocycles. The highest BCUT2D eigenvalue weighted by Crippen LogP contribution is 2.35. The zero-order chi connectivity index (χ0) is 22.3. The van der Waals surface area contributed by atoms with Crippen LogP contribution in [0.3, 0.4) is 0 Å². The van der Waals surface area contributed by atoms with Gasteiger partial charge in [-0.1, -0.05) is 12.1 Å². The van der Waals surface area contributed by atoms with E-state index in [2.05, 4.69) is 58.8 Å². The molecule has 8 nitrogen and oxygen atoms in total. The van der Waals surface area contributed by atoms with Gasteiger partial charge in [0.05, 0.1) is 18.8 Å². The minimum atomic E-state index is 0. The van der Waals surface area contributed by atoms with Gasteiger partial charge in [-0.25, -0.2) is 14.7 Å². The average molecular weight is 562 g/mol. The largest absolute Gasteiger partial charge is 0.494 e. The molecule has 3 aromatic rings. The van der Waals surface area contributed by atoms with E-state index in [0.717, 1.165) is 47.2 Å². The Morgan fingerprint density at radius 2 is 2.03 bits per heavy atom. The monoisotopic (exact) mass is 562 g/mol. The van der Waals surface area contributed by atoms with E-state index in [9.17, 15) is 0 Å². The number of guanidine groups is 1. The van der Waals surface area contributed by atoms with Crippen molar-refractivity contribution in [2.24, 2.45) is 4.99 Å². The van der Waals surface area contributed by atoms with Gasteiger partial charge in [-0.3, -0.25) is 0 Å². The number of nitrogens with one attached hydrogen (secondary N) is 2. The summed E-state index contributed by atoms with van der Waals surface area (Å²) in [5.74, 6) is 2.60. The molecule has 1 atom stereocenters. The predicted molar refractivity (Wildman–Crippen MR) is 140 cm³/mol. The molecule has 2 N–H and O–H groups in total. The van der Waals surface area contributed by atoms with Gasteiger partial charge in [-0.15, -0.1) is 24.0 Å². The van der Waals surface area contributed by atoms with Crippen LogP contribution in [0.5, 0.6) is 11.5 Å². The van der Waals surface area contributed by atoms with Crippen LogP contribution in [0.15, 0.2) is 54.0 Å². The van der Waals surface area contributed by atoms with Crippen molar-refractivity contribution in [1.29, 1.82) is 0 Å². The SMILES string of the molecule is CCNC(=NCc1ccc(-n2cncn2)cc1)NCc1cc2c(cc1OCC)CC(C)O2.I. The van der Waals surface area contributed by atoms with E-state index in [4.69, 9.17) is 14.5 Å². The molecular formula is C24H31IN6O2. The third kappa shape index (κ3) is 6.37. The third-order valence-electron chi connectivity index (χ3n) is 5.21. The van der Waals surface area contributed by atoms with Crippen molar-refractivity contribution in [1.82, 2.24) is 25.4 Å². The second-order valence-corrected chi connectivity index (χ2v) is 7.69. The highest BCUT2D eigenvalue weighted by Gasteiger charge is 2.21. The van der Waals surface area contributed by atoms with Crippen LogP contribution in [0.25, 0.3) is 5.69 Å². The molecule has 0 saturated carbocycles. The van der Waals surface area contributed by atoms with Crippen LogP contribution in [-0.4, -0.2) is 40.0 Å². The number of benzene rings is 2. The fraction of sp³-hybridized carbons (Fsp3) is 0.375. The van der Waals surface area contributed by atoms with Crippen LogP contribution < -0.4 is 20.1 Å². The molecule has 0 radical (unpaired) electrons. The highest BCUT2D eigenvalue weighted by molar-refractivity contribution is 14.0. The minimum Gasteiger partial charge on any atom is -0.494 e. The van der Waals surface area contributed by atoms with Crippen LogP contribution in [0, 0.1) is 0 Å². The summed E-state index contributed by atoms with van der Waals surface area (Å²) in [6, 6.07) is 12.3. The first kappa shape index (κ1) is 24.8. The lowest BCUT2D eigenvalue weighted by molar-refractivity contribution is 0.254. The van der Waals surface area contributed by atoms with Gasteiger partial charge in [0.1, 0.15) is 30.3 Å². The summed E-state index contributed by atoms with van der Waals surface area (Å²) in [6.07, 6.45) is 4.33. The molecule has 9 heteroatoms. The number of halogens is 1. The molecule has 0 bridgehead atoms. The number of rotatable bonds is 8. The van der Waals surface area contributed by atoms with Crippen molar-refractivity contribution >= 4 is 29.9 Å². The van der Waals surface area contributed by atoms with E-state index in [1.54, 1.807) is 11.0 Å².